The number of benzene rings is 2. The number of hydrogen-bond donors (Lipinski definition) is 1. The maximum atomic E-state index is 13.9. The van der Waals surface area contributed by atoms with Crippen LogP contribution in [0.3, 0.4) is 0 Å². The fraction of sp³-hybridized carbons (Fsp3) is 0.269. The summed E-state index contributed by atoms with van der Waals surface area (Å²) < 4.78 is 29.9. The second kappa shape index (κ2) is 10.2. The van der Waals surface area contributed by atoms with Gasteiger partial charge in [0.1, 0.15) is 5.52 Å². The van der Waals surface area contributed by atoms with Crippen molar-refractivity contribution in [2.24, 2.45) is 0 Å². The van der Waals surface area contributed by atoms with Crippen molar-refractivity contribution in [3.8, 4) is 23.2 Å². The van der Waals surface area contributed by atoms with E-state index in [1.807, 2.05) is 25.1 Å². The lowest BCUT2D eigenvalue weighted by Crippen LogP contribution is -2.38. The van der Waals surface area contributed by atoms with Crippen LogP contribution in [0.15, 0.2) is 53.1 Å². The second-order valence-electron chi connectivity index (χ2n) is 8.60. The monoisotopic (exact) mass is 506 g/mol. The molecule has 1 aliphatic heterocycles. The molecule has 0 aliphatic carbocycles. The van der Waals surface area contributed by atoms with E-state index in [0.29, 0.717) is 37.2 Å². The Morgan fingerprint density at radius 2 is 2.05 bits per heavy atom. The van der Waals surface area contributed by atoms with Gasteiger partial charge in [0.25, 0.3) is 5.71 Å². The third-order valence-electron chi connectivity index (χ3n) is 6.12. The van der Waals surface area contributed by atoms with Gasteiger partial charge in [-0.1, -0.05) is 18.2 Å². The topological polar surface area (TPSA) is 128 Å². The summed E-state index contributed by atoms with van der Waals surface area (Å²) in [5, 5.41) is 8.87. The van der Waals surface area contributed by atoms with Crippen molar-refractivity contribution in [3.63, 3.8) is 0 Å². The Bertz CT molecular complexity index is 1470. The quantitative estimate of drug-likeness (QED) is 0.340. The number of para-hydroxylation sites is 1. The second-order valence-corrected chi connectivity index (χ2v) is 8.60. The predicted molar refractivity (Wildman–Crippen MR) is 128 cm³/mol. The number of fused-ring (bicyclic) bond motifs is 1. The summed E-state index contributed by atoms with van der Waals surface area (Å²) in [4.78, 5) is 37.7. The van der Waals surface area contributed by atoms with Gasteiger partial charge in [0.05, 0.1) is 6.20 Å². The van der Waals surface area contributed by atoms with Gasteiger partial charge in [-0.2, -0.15) is 4.98 Å². The molecular weight excluding hydrogens is 483 g/mol. The van der Waals surface area contributed by atoms with Gasteiger partial charge >= 0.3 is 12.2 Å². The molecule has 3 heterocycles. The number of rotatable bonds is 7. The van der Waals surface area contributed by atoms with Crippen LogP contribution in [0.1, 0.15) is 30.4 Å². The molecule has 2 aromatic heterocycles. The van der Waals surface area contributed by atoms with Crippen LogP contribution in [-0.4, -0.2) is 49.8 Å². The van der Waals surface area contributed by atoms with Crippen molar-refractivity contribution in [1.29, 1.82) is 0 Å². The smallest absolute Gasteiger partial charge is 0.450 e. The molecule has 37 heavy (non-hydrogen) atoms. The molecule has 0 unspecified atom stereocenters. The summed E-state index contributed by atoms with van der Waals surface area (Å²) in [6, 6.07) is 11.5. The number of oxazole rings is 1. The lowest BCUT2D eigenvalue weighted by molar-refractivity contribution is -0.138. The first-order valence-corrected chi connectivity index (χ1v) is 11.7. The van der Waals surface area contributed by atoms with Crippen LogP contribution in [0, 0.1) is 12.7 Å². The van der Waals surface area contributed by atoms with Crippen molar-refractivity contribution < 1.29 is 33.0 Å². The van der Waals surface area contributed by atoms with Crippen LogP contribution in [0.5, 0.6) is 11.8 Å². The number of carbonyl (C=O) groups excluding carboxylic acids is 1. The molecule has 190 valence electrons. The minimum absolute atomic E-state index is 0.000877. The van der Waals surface area contributed by atoms with Gasteiger partial charge in [0.2, 0.25) is 11.8 Å². The van der Waals surface area contributed by atoms with Crippen molar-refractivity contribution >= 4 is 23.3 Å². The van der Waals surface area contributed by atoms with E-state index >= 15 is 0 Å². The number of nitrogens with zero attached hydrogens (tertiary/aromatic N) is 4. The average Bonchev–Trinajstić information content (AvgIpc) is 3.51. The third-order valence-corrected chi connectivity index (χ3v) is 6.12. The zero-order chi connectivity index (χ0) is 25.9. The van der Waals surface area contributed by atoms with E-state index in [1.54, 1.807) is 12.1 Å². The van der Waals surface area contributed by atoms with E-state index in [2.05, 4.69) is 15.0 Å². The molecule has 1 amide bonds. The highest BCUT2D eigenvalue weighted by Gasteiger charge is 2.31. The molecule has 1 atom stereocenters. The van der Waals surface area contributed by atoms with E-state index in [9.17, 15) is 14.0 Å². The first-order valence-electron chi connectivity index (χ1n) is 11.7. The highest BCUT2D eigenvalue weighted by Crippen LogP contribution is 2.28. The highest BCUT2D eigenvalue weighted by atomic mass is 19.1. The van der Waals surface area contributed by atoms with Crippen molar-refractivity contribution in [1.82, 2.24) is 19.9 Å². The van der Waals surface area contributed by atoms with Crippen LogP contribution in [0.2, 0.25) is 0 Å². The summed E-state index contributed by atoms with van der Waals surface area (Å²) in [6.45, 7) is 2.42. The summed E-state index contributed by atoms with van der Waals surface area (Å²) in [5.74, 6) is -0.335. The number of halogens is 1. The molecule has 4 aromatic rings. The van der Waals surface area contributed by atoms with Crippen LogP contribution >= 0.6 is 0 Å². The van der Waals surface area contributed by atoms with Crippen molar-refractivity contribution in [2.75, 3.05) is 6.54 Å². The fourth-order valence-corrected chi connectivity index (χ4v) is 4.27. The molecule has 10 nitrogen and oxygen atoms in total. The Kier molecular flexibility index (Phi) is 6.67. The maximum Gasteiger partial charge on any atom is 0.507 e. The Balaban J connectivity index is 1.27. The van der Waals surface area contributed by atoms with Gasteiger partial charge < -0.3 is 23.9 Å². The normalized spacial score (nSPS) is 15.2. The number of carboxylic acid groups (broad SMARTS) is 1. The van der Waals surface area contributed by atoms with Gasteiger partial charge in [-0.3, -0.25) is 4.79 Å². The maximum absolute atomic E-state index is 13.9. The Morgan fingerprint density at radius 1 is 1.22 bits per heavy atom. The number of aryl methyl sites for hydroxylation is 2. The van der Waals surface area contributed by atoms with Crippen LogP contribution in [-0.2, 0) is 16.0 Å². The Morgan fingerprint density at radius 3 is 2.84 bits per heavy atom. The zero-order valence-electron chi connectivity index (χ0n) is 19.9. The van der Waals surface area contributed by atoms with Gasteiger partial charge in [0, 0.05) is 24.9 Å². The summed E-state index contributed by atoms with van der Waals surface area (Å²) >= 11 is 0. The van der Waals surface area contributed by atoms with E-state index in [0.717, 1.165) is 16.7 Å². The molecule has 5 rings (SSSR count). The van der Waals surface area contributed by atoms with Crippen LogP contribution < -0.4 is 4.74 Å². The van der Waals surface area contributed by atoms with Gasteiger partial charge in [-0.25, -0.2) is 19.2 Å². The summed E-state index contributed by atoms with van der Waals surface area (Å²) in [6.07, 6.45) is 1.31. The molecule has 2 aromatic carbocycles. The highest BCUT2D eigenvalue weighted by molar-refractivity contribution is 5.77. The number of hydrogen-bond acceptors (Lipinski definition) is 8. The molecular formula is C26H23FN4O6. The molecule has 11 heteroatoms. The zero-order valence-corrected chi connectivity index (χ0v) is 19.9. The van der Waals surface area contributed by atoms with E-state index < -0.39 is 18.2 Å². The van der Waals surface area contributed by atoms with Crippen molar-refractivity contribution in [3.05, 3.63) is 65.6 Å². The number of aromatic nitrogens is 3. The fourth-order valence-electron chi connectivity index (χ4n) is 4.27. The SMILES string of the molecule is Cc1cc(-c2nc3cnc(Oc4ccccc4F)nc3o2)ccc1CCC(=O)N1CCC[C@@H]1OC(=O)O. The van der Waals surface area contributed by atoms with Crippen LogP contribution in [0.25, 0.3) is 22.7 Å². The minimum Gasteiger partial charge on any atom is -0.450 e. The number of likely N-dealkylation sites (tertiary alicyclic amines) is 1. The Hall–Kier alpha value is -4.54. The van der Waals surface area contributed by atoms with Crippen molar-refractivity contribution in [2.45, 2.75) is 38.8 Å². The molecule has 1 aliphatic rings. The van der Waals surface area contributed by atoms with E-state index in [4.69, 9.17) is 19.0 Å². The molecule has 0 spiro atoms. The largest absolute Gasteiger partial charge is 0.507 e. The molecule has 1 N–H and O–H groups in total. The average molecular weight is 506 g/mol. The molecule has 0 radical (unpaired) electrons. The minimum atomic E-state index is -1.38. The van der Waals surface area contributed by atoms with E-state index in [1.165, 1.54) is 23.2 Å². The van der Waals surface area contributed by atoms with E-state index in [-0.39, 0.29) is 29.8 Å². The first kappa shape index (κ1) is 24.2. The summed E-state index contributed by atoms with van der Waals surface area (Å²) in [7, 11) is 0. The lowest BCUT2D eigenvalue weighted by Gasteiger charge is -2.23. The van der Waals surface area contributed by atoms with Gasteiger partial charge in [0.15, 0.2) is 17.8 Å². The third kappa shape index (κ3) is 5.35. The number of carbonyl (C=O) groups is 2. The van der Waals surface area contributed by atoms with Gasteiger partial charge in [-0.05, 0) is 55.2 Å². The number of amides is 1. The first-order chi connectivity index (χ1) is 17.9. The number of ether oxygens (including phenoxy) is 2. The van der Waals surface area contributed by atoms with Gasteiger partial charge in [-0.15, -0.1) is 0 Å². The molecule has 0 saturated carbocycles. The standard InChI is InChI=1S/C26H23FN4O6/c1-15-13-17(9-8-16(15)10-11-21(32)31-12-4-7-22(31)36-26(33)34)23-29-19-14-28-25(30-24(19)37-23)35-20-6-3-2-5-18(20)27/h2-3,5-6,8-9,13-14,22H,4,7,10-12H2,1H3,(H,33,34)/t22-/m0/s1. The molecule has 0 bridgehead atoms. The Labute approximate surface area is 210 Å². The van der Waals surface area contributed by atoms with Crippen LogP contribution in [0.4, 0.5) is 9.18 Å². The predicted octanol–water partition coefficient (Wildman–Crippen LogP) is 5.10. The molecule has 1 fully saturated rings. The lowest BCUT2D eigenvalue weighted by atomic mass is 10.0. The summed E-state index contributed by atoms with van der Waals surface area (Å²) in [5.41, 5.74) is 3.27. The molecule has 1 saturated heterocycles.